The number of fused-ring (bicyclic) bond motifs is 1. The van der Waals surface area contributed by atoms with Crippen molar-refractivity contribution >= 4 is 38.6 Å². The van der Waals surface area contributed by atoms with E-state index in [1.165, 1.54) is 18.3 Å². The Bertz CT molecular complexity index is 1190. The van der Waals surface area contributed by atoms with Crippen molar-refractivity contribution < 1.29 is 24.2 Å². The minimum atomic E-state index is -0.366. The Hall–Kier alpha value is -2.95. The Morgan fingerprint density at radius 3 is 2.65 bits per heavy atom. The second kappa shape index (κ2) is 9.73. The summed E-state index contributed by atoms with van der Waals surface area (Å²) in [4.78, 5) is 36.8. The number of rotatable bonds is 7. The predicted octanol–water partition coefficient (Wildman–Crippen LogP) is 3.46. The van der Waals surface area contributed by atoms with Crippen molar-refractivity contribution in [2.24, 2.45) is 5.92 Å². The topological polar surface area (TPSA) is 124 Å². The molecule has 1 amide bonds. The van der Waals surface area contributed by atoms with Gasteiger partial charge >= 0.3 is 5.97 Å². The first-order valence-corrected chi connectivity index (χ1v) is 12.3. The number of amides is 1. The van der Waals surface area contributed by atoms with Crippen molar-refractivity contribution in [3.8, 4) is 11.1 Å². The Morgan fingerprint density at radius 1 is 1.15 bits per heavy atom. The lowest BCUT2D eigenvalue weighted by Crippen LogP contribution is -2.37. The molecule has 2 heterocycles. The molecule has 9 nitrogen and oxygen atoms in total. The molecule has 0 saturated heterocycles. The van der Waals surface area contributed by atoms with Crippen molar-refractivity contribution in [3.63, 3.8) is 0 Å². The molecule has 2 aliphatic carbocycles. The number of benzene rings is 1. The van der Waals surface area contributed by atoms with E-state index in [9.17, 15) is 14.7 Å². The summed E-state index contributed by atoms with van der Waals surface area (Å²) in [6, 6.07) is 5.87. The Kier molecular flexibility index (Phi) is 6.53. The number of ether oxygens (including phenoxy) is 2. The Morgan fingerprint density at radius 2 is 1.91 bits per heavy atom. The maximum absolute atomic E-state index is 12.2. The van der Waals surface area contributed by atoms with E-state index in [0.717, 1.165) is 40.6 Å². The van der Waals surface area contributed by atoms with E-state index in [2.05, 4.69) is 20.3 Å². The summed E-state index contributed by atoms with van der Waals surface area (Å²) in [7, 11) is 0. The number of anilines is 1. The molecule has 10 heteroatoms. The first-order valence-electron chi connectivity index (χ1n) is 11.4. The minimum absolute atomic E-state index is 0.0902. The molecule has 178 valence electrons. The van der Waals surface area contributed by atoms with E-state index >= 15 is 0 Å². The molecule has 0 bridgehead atoms. The van der Waals surface area contributed by atoms with Crippen LogP contribution in [0.2, 0.25) is 0 Å². The van der Waals surface area contributed by atoms with Gasteiger partial charge in [0.05, 0.1) is 22.4 Å². The smallest absolute Gasteiger partial charge is 0.302 e. The molecule has 2 N–H and O–H groups in total. The van der Waals surface area contributed by atoms with Crippen LogP contribution in [0, 0.1) is 5.92 Å². The van der Waals surface area contributed by atoms with Gasteiger partial charge in [-0.15, -0.1) is 0 Å². The number of hydrogen-bond acceptors (Lipinski definition) is 9. The van der Waals surface area contributed by atoms with E-state index in [1.807, 2.05) is 18.2 Å². The molecule has 1 aromatic carbocycles. The number of carbonyl (C=O) groups is 2. The number of esters is 1. The monoisotopic (exact) mass is 482 g/mol. The quantitative estimate of drug-likeness (QED) is 0.491. The second-order valence-electron chi connectivity index (χ2n) is 8.83. The molecule has 5 rings (SSSR count). The van der Waals surface area contributed by atoms with Crippen LogP contribution >= 0.6 is 11.3 Å². The molecule has 0 spiro atoms. The number of aliphatic hydroxyl groups is 1. The Balaban J connectivity index is 1.21. The average Bonchev–Trinajstić information content (AvgIpc) is 3.40. The van der Waals surface area contributed by atoms with Gasteiger partial charge < -0.3 is 19.9 Å². The number of aliphatic hydroxyl groups excluding tert-OH is 1. The molecule has 0 aliphatic heterocycles. The lowest BCUT2D eigenvalue weighted by molar-refractivity contribution is -0.153. The average molecular weight is 483 g/mol. The highest BCUT2D eigenvalue weighted by atomic mass is 32.1. The maximum atomic E-state index is 12.2. The van der Waals surface area contributed by atoms with Crippen molar-refractivity contribution in [1.82, 2.24) is 15.0 Å². The summed E-state index contributed by atoms with van der Waals surface area (Å²) in [5.41, 5.74) is 2.63. The van der Waals surface area contributed by atoms with Gasteiger partial charge in [-0.3, -0.25) is 9.59 Å². The van der Waals surface area contributed by atoms with Gasteiger partial charge in [0.1, 0.15) is 12.7 Å². The van der Waals surface area contributed by atoms with Crippen LogP contribution in [0.5, 0.6) is 0 Å². The summed E-state index contributed by atoms with van der Waals surface area (Å²) < 4.78 is 12.2. The van der Waals surface area contributed by atoms with Crippen molar-refractivity contribution in [3.05, 3.63) is 36.4 Å². The summed E-state index contributed by atoms with van der Waals surface area (Å²) in [6.45, 7) is 1.68. The van der Waals surface area contributed by atoms with E-state index in [4.69, 9.17) is 9.47 Å². The molecular weight excluding hydrogens is 456 g/mol. The number of aromatic nitrogens is 3. The maximum Gasteiger partial charge on any atom is 0.302 e. The molecule has 2 unspecified atom stereocenters. The zero-order valence-corrected chi connectivity index (χ0v) is 19.6. The van der Waals surface area contributed by atoms with E-state index in [0.29, 0.717) is 23.8 Å². The van der Waals surface area contributed by atoms with Crippen LogP contribution in [-0.2, 0) is 25.7 Å². The third kappa shape index (κ3) is 5.08. The second-order valence-corrected chi connectivity index (χ2v) is 9.86. The zero-order valence-electron chi connectivity index (χ0n) is 18.8. The number of thiazole rings is 1. The molecule has 2 aliphatic rings. The lowest BCUT2D eigenvalue weighted by atomic mass is 9.82. The molecule has 2 atom stereocenters. The number of hydrogen-bond donors (Lipinski definition) is 2. The molecule has 2 aromatic heterocycles. The van der Waals surface area contributed by atoms with Gasteiger partial charge in [-0.25, -0.2) is 15.0 Å². The van der Waals surface area contributed by atoms with Crippen LogP contribution in [0.15, 0.2) is 30.6 Å². The zero-order chi connectivity index (χ0) is 23.7. The van der Waals surface area contributed by atoms with Crippen LogP contribution < -0.4 is 5.32 Å². The van der Waals surface area contributed by atoms with Gasteiger partial charge in [0.2, 0.25) is 5.91 Å². The summed E-state index contributed by atoms with van der Waals surface area (Å²) in [5.74, 6) is 0.0555. The van der Waals surface area contributed by atoms with Crippen LogP contribution in [0.25, 0.3) is 21.3 Å². The summed E-state index contributed by atoms with van der Waals surface area (Å²) in [5, 5.41) is 12.8. The fourth-order valence-corrected chi connectivity index (χ4v) is 5.27. The first kappa shape index (κ1) is 22.8. The lowest BCUT2D eigenvalue weighted by Gasteiger charge is -2.29. The van der Waals surface area contributed by atoms with E-state index in [-0.39, 0.29) is 42.7 Å². The molecule has 3 aromatic rings. The molecule has 2 saturated carbocycles. The summed E-state index contributed by atoms with van der Waals surface area (Å²) in [6.07, 6.45) is 6.50. The van der Waals surface area contributed by atoms with E-state index in [1.54, 1.807) is 12.4 Å². The molecule has 0 radical (unpaired) electrons. The minimum Gasteiger partial charge on any atom is -0.460 e. The summed E-state index contributed by atoms with van der Waals surface area (Å²) >= 11 is 1.41. The highest BCUT2D eigenvalue weighted by Gasteiger charge is 2.33. The molecule has 34 heavy (non-hydrogen) atoms. The predicted molar refractivity (Wildman–Crippen MR) is 126 cm³/mol. The normalized spacial score (nSPS) is 24.1. The number of nitrogens with one attached hydrogen (secondary N) is 1. The van der Waals surface area contributed by atoms with Gasteiger partial charge in [-0.2, -0.15) is 0 Å². The van der Waals surface area contributed by atoms with Gasteiger partial charge in [0.25, 0.3) is 0 Å². The van der Waals surface area contributed by atoms with Crippen molar-refractivity contribution in [2.45, 2.75) is 63.9 Å². The Labute approximate surface area is 200 Å². The van der Waals surface area contributed by atoms with E-state index < -0.39 is 0 Å². The SMILES string of the molecule is CC(=O)OC1CCCC1OCc1ncc(-c2ccc3nc(NC(=O)C4CC(O)C4)sc3c2)cn1. The van der Waals surface area contributed by atoms with Crippen molar-refractivity contribution in [2.75, 3.05) is 5.32 Å². The fraction of sp³-hybridized carbons (Fsp3) is 0.458. The van der Waals surface area contributed by atoms with Crippen LogP contribution in [-0.4, -0.2) is 50.2 Å². The van der Waals surface area contributed by atoms with Gasteiger partial charge in [-0.1, -0.05) is 17.4 Å². The molecule has 2 fully saturated rings. The highest BCUT2D eigenvalue weighted by Crippen LogP contribution is 2.33. The number of nitrogens with zero attached hydrogens (tertiary/aromatic N) is 3. The van der Waals surface area contributed by atoms with Gasteiger partial charge in [0, 0.05) is 30.8 Å². The van der Waals surface area contributed by atoms with Crippen LogP contribution in [0.1, 0.15) is 44.9 Å². The first-order chi connectivity index (χ1) is 16.4. The third-order valence-electron chi connectivity index (χ3n) is 6.28. The number of carbonyl (C=O) groups excluding carboxylic acids is 2. The molecular formula is C24H26N4O5S. The van der Waals surface area contributed by atoms with Crippen molar-refractivity contribution in [1.29, 1.82) is 0 Å². The third-order valence-corrected chi connectivity index (χ3v) is 7.21. The largest absolute Gasteiger partial charge is 0.460 e. The highest BCUT2D eigenvalue weighted by molar-refractivity contribution is 7.22. The van der Waals surface area contributed by atoms with Gasteiger partial charge in [-0.05, 0) is 49.8 Å². The van der Waals surface area contributed by atoms with Crippen LogP contribution in [0.3, 0.4) is 0 Å². The van der Waals surface area contributed by atoms with Gasteiger partial charge in [0.15, 0.2) is 11.0 Å². The standard InChI is InChI=1S/C24H26N4O5S/c1-13(29)33-20-4-2-3-19(20)32-12-22-25-10-16(11-26-22)14-5-6-18-21(9-14)34-24(27-18)28-23(31)15-7-17(30)8-15/h5-6,9-11,15,17,19-20,30H,2-4,7-8,12H2,1H3,(H,27,28,31). The fourth-order valence-electron chi connectivity index (χ4n) is 4.36. The van der Waals surface area contributed by atoms with Crippen LogP contribution in [0.4, 0.5) is 5.13 Å².